The monoisotopic (exact) mass is 554 g/mol. The minimum atomic E-state index is -0.609. The quantitative estimate of drug-likeness (QED) is 0.271. The molecule has 4 N–H and O–H groups in total. The molecular formula is C31H34N6O4. The summed E-state index contributed by atoms with van der Waals surface area (Å²) in [5.41, 5.74) is 9.91. The van der Waals surface area contributed by atoms with Crippen molar-refractivity contribution in [1.82, 2.24) is 19.9 Å². The van der Waals surface area contributed by atoms with Crippen molar-refractivity contribution in [3.8, 4) is 11.5 Å². The molecule has 10 heteroatoms. The molecule has 1 aliphatic rings. The summed E-state index contributed by atoms with van der Waals surface area (Å²) in [6.45, 7) is 2.57. The number of hydrogen-bond acceptors (Lipinski definition) is 8. The maximum absolute atomic E-state index is 13.6. The molecule has 212 valence electrons. The molecule has 1 aliphatic heterocycles. The number of nitrogens with zero attached hydrogens (tertiary/aromatic N) is 3. The SMILES string of the molecule is COc1ccc(C(CNc2ncc3n(c2=O)C(C(=O)NCc2ccc(N)nc2C)CC3)c2ccc(OC)cc2)cc1. The second kappa shape index (κ2) is 12.1. The van der Waals surface area contributed by atoms with Gasteiger partial charge in [0.15, 0.2) is 5.82 Å². The summed E-state index contributed by atoms with van der Waals surface area (Å²) in [5, 5.41) is 6.23. The van der Waals surface area contributed by atoms with Crippen LogP contribution in [0.1, 0.15) is 46.5 Å². The molecule has 1 atom stereocenters. The summed E-state index contributed by atoms with van der Waals surface area (Å²) in [6.07, 6.45) is 2.82. The van der Waals surface area contributed by atoms with Gasteiger partial charge < -0.3 is 25.8 Å². The summed E-state index contributed by atoms with van der Waals surface area (Å²) in [6, 6.07) is 18.7. The van der Waals surface area contributed by atoms with E-state index in [1.165, 1.54) is 0 Å². The second-order valence-corrected chi connectivity index (χ2v) is 10.0. The largest absolute Gasteiger partial charge is 0.497 e. The number of nitrogen functional groups attached to an aromatic ring is 1. The average molecular weight is 555 g/mol. The highest BCUT2D eigenvalue weighted by molar-refractivity contribution is 5.81. The summed E-state index contributed by atoms with van der Waals surface area (Å²) in [7, 11) is 3.27. The number of aryl methyl sites for hydroxylation is 2. The summed E-state index contributed by atoms with van der Waals surface area (Å²) in [5.74, 6) is 1.87. The Hall–Kier alpha value is -4.86. The Balaban J connectivity index is 1.35. The molecule has 0 bridgehead atoms. The van der Waals surface area contributed by atoms with Gasteiger partial charge in [0.1, 0.15) is 23.4 Å². The molecule has 3 heterocycles. The number of rotatable bonds is 10. The lowest BCUT2D eigenvalue weighted by atomic mass is 9.91. The summed E-state index contributed by atoms with van der Waals surface area (Å²) in [4.78, 5) is 35.5. The van der Waals surface area contributed by atoms with E-state index in [4.69, 9.17) is 15.2 Å². The Kier molecular flexibility index (Phi) is 8.19. The molecule has 0 spiro atoms. The van der Waals surface area contributed by atoms with Crippen LogP contribution in [0, 0.1) is 6.92 Å². The number of nitrogens with one attached hydrogen (secondary N) is 2. The van der Waals surface area contributed by atoms with E-state index in [-0.39, 0.29) is 23.2 Å². The van der Waals surface area contributed by atoms with Crippen LogP contribution in [-0.4, -0.2) is 41.2 Å². The molecule has 41 heavy (non-hydrogen) atoms. The number of pyridine rings is 1. The van der Waals surface area contributed by atoms with Gasteiger partial charge >= 0.3 is 0 Å². The molecule has 4 aromatic rings. The van der Waals surface area contributed by atoms with Crippen molar-refractivity contribution in [1.29, 1.82) is 0 Å². The van der Waals surface area contributed by atoms with Crippen molar-refractivity contribution in [3.05, 3.63) is 105 Å². The molecule has 10 nitrogen and oxygen atoms in total. The fraction of sp³-hybridized carbons (Fsp3) is 0.290. The van der Waals surface area contributed by atoms with E-state index in [1.54, 1.807) is 31.0 Å². The Labute approximate surface area is 238 Å². The van der Waals surface area contributed by atoms with Crippen LogP contribution in [0.5, 0.6) is 11.5 Å². The van der Waals surface area contributed by atoms with Crippen LogP contribution in [0.2, 0.25) is 0 Å². The van der Waals surface area contributed by atoms with Crippen molar-refractivity contribution in [2.75, 3.05) is 31.8 Å². The van der Waals surface area contributed by atoms with E-state index >= 15 is 0 Å². The minimum Gasteiger partial charge on any atom is -0.497 e. The predicted molar refractivity (Wildman–Crippen MR) is 157 cm³/mol. The van der Waals surface area contributed by atoms with Crippen LogP contribution in [-0.2, 0) is 17.8 Å². The van der Waals surface area contributed by atoms with Crippen LogP contribution in [0.4, 0.5) is 11.6 Å². The van der Waals surface area contributed by atoms with Gasteiger partial charge in [-0.2, -0.15) is 0 Å². The number of nitrogens with two attached hydrogens (primary N) is 1. The van der Waals surface area contributed by atoms with E-state index in [9.17, 15) is 9.59 Å². The topological polar surface area (TPSA) is 133 Å². The number of hydrogen-bond donors (Lipinski definition) is 3. The van der Waals surface area contributed by atoms with E-state index in [0.717, 1.165) is 39.6 Å². The fourth-order valence-electron chi connectivity index (χ4n) is 5.21. The number of fused-ring (bicyclic) bond motifs is 1. The van der Waals surface area contributed by atoms with Crippen LogP contribution in [0.3, 0.4) is 0 Å². The zero-order chi connectivity index (χ0) is 28.9. The first kappa shape index (κ1) is 27.7. The summed E-state index contributed by atoms with van der Waals surface area (Å²) >= 11 is 0. The zero-order valence-corrected chi connectivity index (χ0v) is 23.4. The third-order valence-corrected chi connectivity index (χ3v) is 7.54. The maximum Gasteiger partial charge on any atom is 0.294 e. The second-order valence-electron chi connectivity index (χ2n) is 10.0. The molecular weight excluding hydrogens is 520 g/mol. The number of anilines is 2. The van der Waals surface area contributed by atoms with E-state index in [2.05, 4.69) is 20.6 Å². The zero-order valence-electron chi connectivity index (χ0n) is 23.4. The lowest BCUT2D eigenvalue weighted by Crippen LogP contribution is -2.36. The van der Waals surface area contributed by atoms with Gasteiger partial charge in [-0.15, -0.1) is 0 Å². The maximum atomic E-state index is 13.6. The molecule has 0 aliphatic carbocycles. The van der Waals surface area contributed by atoms with Gasteiger partial charge in [0.2, 0.25) is 5.91 Å². The average Bonchev–Trinajstić information content (AvgIpc) is 3.43. The van der Waals surface area contributed by atoms with Gasteiger partial charge in [0, 0.05) is 36.6 Å². The number of carbonyl (C=O) groups excluding carboxylic acids is 1. The molecule has 2 aromatic heterocycles. The molecule has 0 saturated carbocycles. The smallest absolute Gasteiger partial charge is 0.294 e. The number of amides is 1. The van der Waals surface area contributed by atoms with Gasteiger partial charge in [-0.1, -0.05) is 30.3 Å². The normalized spacial score (nSPS) is 14.0. The molecule has 0 saturated heterocycles. The van der Waals surface area contributed by atoms with Crippen LogP contribution >= 0.6 is 0 Å². The third-order valence-electron chi connectivity index (χ3n) is 7.54. The standard InChI is InChI=1S/C31H34N6O4/c1-19-22(8-15-28(32)36-19)16-35-30(38)27-14-9-23-17-33-29(31(39)37(23)27)34-18-26(20-4-10-24(40-2)11-5-20)21-6-12-25(41-3)13-7-21/h4-8,10-13,15,17,26-27H,9,14,16,18H2,1-3H3,(H2,32,36)(H,33,34)(H,35,38). The van der Waals surface area contributed by atoms with Crippen LogP contribution in [0.15, 0.2) is 71.7 Å². The Bertz CT molecular complexity index is 1540. The number of carbonyl (C=O) groups is 1. The summed E-state index contributed by atoms with van der Waals surface area (Å²) < 4.78 is 12.2. The Morgan fingerprint density at radius 1 is 1.02 bits per heavy atom. The first-order valence-electron chi connectivity index (χ1n) is 13.5. The first-order chi connectivity index (χ1) is 19.9. The number of benzene rings is 2. The Morgan fingerprint density at radius 2 is 1.66 bits per heavy atom. The van der Waals surface area contributed by atoms with E-state index < -0.39 is 6.04 Å². The van der Waals surface area contributed by atoms with Crippen molar-refractivity contribution in [3.63, 3.8) is 0 Å². The number of aromatic nitrogens is 3. The van der Waals surface area contributed by atoms with Gasteiger partial charge in [-0.25, -0.2) is 9.97 Å². The van der Waals surface area contributed by atoms with Gasteiger partial charge in [0.05, 0.1) is 14.2 Å². The lowest BCUT2D eigenvalue weighted by Gasteiger charge is -2.20. The van der Waals surface area contributed by atoms with Gasteiger partial charge in [-0.3, -0.25) is 14.2 Å². The van der Waals surface area contributed by atoms with Crippen molar-refractivity contribution in [2.45, 2.75) is 38.3 Å². The van der Waals surface area contributed by atoms with Crippen molar-refractivity contribution in [2.24, 2.45) is 0 Å². The Morgan fingerprint density at radius 3 is 2.24 bits per heavy atom. The third kappa shape index (κ3) is 6.01. The minimum absolute atomic E-state index is 0.0814. The predicted octanol–water partition coefficient (Wildman–Crippen LogP) is 3.59. The van der Waals surface area contributed by atoms with Crippen molar-refractivity contribution >= 4 is 17.5 Å². The van der Waals surface area contributed by atoms with Crippen LogP contribution < -0.4 is 31.4 Å². The highest BCUT2D eigenvalue weighted by Gasteiger charge is 2.31. The van der Waals surface area contributed by atoms with Gasteiger partial charge in [-0.05, 0) is 66.8 Å². The molecule has 0 radical (unpaired) electrons. The molecule has 5 rings (SSSR count). The highest BCUT2D eigenvalue weighted by atomic mass is 16.5. The highest BCUT2D eigenvalue weighted by Crippen LogP contribution is 2.29. The lowest BCUT2D eigenvalue weighted by molar-refractivity contribution is -0.124. The number of methoxy groups -OCH3 is 2. The molecule has 2 aromatic carbocycles. The molecule has 0 fully saturated rings. The first-order valence-corrected chi connectivity index (χ1v) is 13.5. The van der Waals surface area contributed by atoms with Gasteiger partial charge in [0.25, 0.3) is 5.56 Å². The number of ether oxygens (including phenoxy) is 2. The van der Waals surface area contributed by atoms with E-state index in [1.807, 2.05) is 61.5 Å². The van der Waals surface area contributed by atoms with Crippen LogP contribution in [0.25, 0.3) is 0 Å². The molecule has 1 amide bonds. The van der Waals surface area contributed by atoms with Crippen molar-refractivity contribution < 1.29 is 14.3 Å². The molecule has 1 unspecified atom stereocenters. The fourth-order valence-corrected chi connectivity index (χ4v) is 5.21. The van der Waals surface area contributed by atoms with E-state index in [0.29, 0.717) is 31.7 Å².